The zero-order valence-electron chi connectivity index (χ0n) is 14.5. The van der Waals surface area contributed by atoms with Crippen molar-refractivity contribution in [2.75, 3.05) is 14.2 Å². The number of carbonyl (C=O) groups is 1. The fourth-order valence-corrected chi connectivity index (χ4v) is 2.18. The topological polar surface area (TPSA) is 75.4 Å². The third-order valence-electron chi connectivity index (χ3n) is 3.43. The van der Waals surface area contributed by atoms with Crippen molar-refractivity contribution in [3.05, 3.63) is 61.7 Å². The molecule has 0 saturated heterocycles. The van der Waals surface area contributed by atoms with E-state index in [2.05, 4.69) is 13.2 Å². The number of methoxy groups -OCH3 is 2. The highest BCUT2D eigenvalue weighted by Crippen LogP contribution is 2.40. The van der Waals surface area contributed by atoms with Crippen LogP contribution in [0.2, 0.25) is 0 Å². The second-order valence-corrected chi connectivity index (χ2v) is 4.99. The Balaban J connectivity index is 2.66. The summed E-state index contributed by atoms with van der Waals surface area (Å²) < 4.78 is 21.2. The van der Waals surface area contributed by atoms with Gasteiger partial charge in [0.05, 0.1) is 25.9 Å². The molecule has 0 unspecified atom stereocenters. The summed E-state index contributed by atoms with van der Waals surface area (Å²) in [6.45, 7) is 6.85. The Bertz CT molecular complexity index is 782. The molecule has 0 fully saturated rings. The van der Waals surface area contributed by atoms with Gasteiger partial charge in [0.15, 0.2) is 0 Å². The summed E-state index contributed by atoms with van der Waals surface area (Å²) in [4.78, 5) is 21.4. The SMILES string of the molecule is C=CC(=O)Oc1ccc(OC)cc1-c1cc(OC)ccc1OC(=[OH+])C=C. The number of esters is 2. The Morgan fingerprint density at radius 1 is 0.885 bits per heavy atom. The predicted molar refractivity (Wildman–Crippen MR) is 98.6 cm³/mol. The highest BCUT2D eigenvalue weighted by atomic mass is 16.5. The van der Waals surface area contributed by atoms with Crippen LogP contribution < -0.4 is 18.9 Å². The average molecular weight is 355 g/mol. The molecule has 6 nitrogen and oxygen atoms in total. The first-order chi connectivity index (χ1) is 12.5. The van der Waals surface area contributed by atoms with Crippen LogP contribution in [0.15, 0.2) is 61.7 Å². The van der Waals surface area contributed by atoms with E-state index in [9.17, 15) is 9.59 Å². The zero-order valence-corrected chi connectivity index (χ0v) is 14.5. The quantitative estimate of drug-likeness (QED) is 0.329. The third-order valence-corrected chi connectivity index (χ3v) is 3.43. The third kappa shape index (κ3) is 4.30. The molecule has 2 aromatic rings. The molecule has 0 amide bonds. The first kappa shape index (κ1) is 18.8. The van der Waals surface area contributed by atoms with Crippen LogP contribution in [0.4, 0.5) is 0 Å². The van der Waals surface area contributed by atoms with Crippen LogP contribution in [-0.4, -0.2) is 31.0 Å². The molecular weight excluding hydrogens is 336 g/mol. The van der Waals surface area contributed by atoms with E-state index in [1.807, 2.05) is 0 Å². The lowest BCUT2D eigenvalue weighted by Gasteiger charge is -2.13. The Morgan fingerprint density at radius 3 is 1.81 bits per heavy atom. The number of hydrogen-bond donors (Lipinski definition) is 0. The zero-order chi connectivity index (χ0) is 19.1. The second-order valence-electron chi connectivity index (χ2n) is 4.99. The lowest BCUT2D eigenvalue weighted by molar-refractivity contribution is -0.128. The maximum atomic E-state index is 11.7. The van der Waals surface area contributed by atoms with Crippen molar-refractivity contribution in [3.8, 4) is 34.1 Å². The summed E-state index contributed by atoms with van der Waals surface area (Å²) in [6, 6.07) is 9.90. The van der Waals surface area contributed by atoms with E-state index in [1.165, 1.54) is 14.2 Å². The Kier molecular flexibility index (Phi) is 6.16. The van der Waals surface area contributed by atoms with Gasteiger partial charge < -0.3 is 19.0 Å². The Labute approximate surface area is 151 Å². The predicted octanol–water partition coefficient (Wildman–Crippen LogP) is 3.53. The van der Waals surface area contributed by atoms with Crippen molar-refractivity contribution in [1.82, 2.24) is 0 Å². The van der Waals surface area contributed by atoms with Gasteiger partial charge in [-0.25, -0.2) is 4.79 Å². The van der Waals surface area contributed by atoms with Gasteiger partial charge >= 0.3 is 11.9 Å². The van der Waals surface area contributed by atoms with E-state index in [0.717, 1.165) is 12.2 Å². The minimum absolute atomic E-state index is 0.270. The normalized spacial score (nSPS) is 9.77. The monoisotopic (exact) mass is 355 g/mol. The Hall–Kier alpha value is -3.54. The van der Waals surface area contributed by atoms with Crippen molar-refractivity contribution < 1.29 is 28.5 Å². The minimum Gasteiger partial charge on any atom is -0.497 e. The molecule has 6 heteroatoms. The van der Waals surface area contributed by atoms with E-state index in [4.69, 9.17) is 18.9 Å². The Morgan fingerprint density at radius 2 is 1.38 bits per heavy atom. The fraction of sp³-hybridized carbons (Fsp3) is 0.100. The summed E-state index contributed by atoms with van der Waals surface area (Å²) in [5.41, 5.74) is 1.02. The maximum absolute atomic E-state index is 11.7. The fourth-order valence-electron chi connectivity index (χ4n) is 2.18. The number of carbonyl (C=O) groups excluding carboxylic acids is 2. The van der Waals surface area contributed by atoms with Crippen LogP contribution in [0.5, 0.6) is 23.0 Å². The molecule has 0 aliphatic rings. The molecule has 2 aromatic carbocycles. The van der Waals surface area contributed by atoms with Gasteiger partial charge in [-0.2, -0.15) is 0 Å². The second kappa shape index (κ2) is 8.53. The van der Waals surface area contributed by atoms with Crippen LogP contribution in [0.1, 0.15) is 0 Å². The van der Waals surface area contributed by atoms with Gasteiger partial charge in [-0.3, -0.25) is 4.74 Å². The van der Waals surface area contributed by atoms with E-state index in [-0.39, 0.29) is 11.7 Å². The minimum atomic E-state index is -0.609. The molecular formula is C20H19O6+. The molecule has 0 aliphatic carbocycles. The van der Waals surface area contributed by atoms with Crippen LogP contribution in [0.25, 0.3) is 11.1 Å². The highest BCUT2D eigenvalue weighted by molar-refractivity contribution is 5.89. The van der Waals surface area contributed by atoms with Crippen LogP contribution in [-0.2, 0) is 4.79 Å². The molecule has 0 saturated carbocycles. The highest BCUT2D eigenvalue weighted by Gasteiger charge is 2.21. The molecule has 0 bridgehead atoms. The van der Waals surface area contributed by atoms with Gasteiger partial charge in [0.2, 0.25) is 0 Å². The van der Waals surface area contributed by atoms with Gasteiger partial charge in [0.25, 0.3) is 5.75 Å². The number of benzene rings is 2. The molecule has 2 rings (SSSR count). The molecule has 0 aliphatic heterocycles. The van der Waals surface area contributed by atoms with Crippen LogP contribution in [0, 0.1) is 0 Å². The maximum Gasteiger partial charge on any atom is 0.515 e. The van der Waals surface area contributed by atoms with Crippen molar-refractivity contribution in [1.29, 1.82) is 0 Å². The molecule has 134 valence electrons. The standard InChI is InChI=1S/C20H18O6/c1-5-19(21)25-17-9-7-13(23-3)11-15(17)16-12-14(24-4)8-10-18(16)26-20(22)6-2/h5-12H,1-2H2,3-4H3/p+1. The first-order valence-corrected chi connectivity index (χ1v) is 7.59. The summed E-state index contributed by atoms with van der Waals surface area (Å²) >= 11 is 0. The van der Waals surface area contributed by atoms with Gasteiger partial charge in [0.1, 0.15) is 17.2 Å². The smallest absolute Gasteiger partial charge is 0.497 e. The summed E-state index contributed by atoms with van der Waals surface area (Å²) in [7, 11) is 3.05. The van der Waals surface area contributed by atoms with Crippen molar-refractivity contribution >= 4 is 11.9 Å². The average Bonchev–Trinajstić information content (AvgIpc) is 2.68. The summed E-state index contributed by atoms with van der Waals surface area (Å²) in [5.74, 6) is 0.698. The van der Waals surface area contributed by atoms with E-state index in [0.29, 0.717) is 28.4 Å². The molecule has 1 N–H and O–H groups in total. The van der Waals surface area contributed by atoms with Gasteiger partial charge in [-0.1, -0.05) is 13.2 Å². The summed E-state index contributed by atoms with van der Waals surface area (Å²) in [5, 5.41) is 0. The van der Waals surface area contributed by atoms with Gasteiger partial charge in [0, 0.05) is 17.7 Å². The molecule has 0 spiro atoms. The van der Waals surface area contributed by atoms with Crippen molar-refractivity contribution in [3.63, 3.8) is 0 Å². The van der Waals surface area contributed by atoms with Crippen molar-refractivity contribution in [2.24, 2.45) is 0 Å². The van der Waals surface area contributed by atoms with E-state index >= 15 is 0 Å². The van der Waals surface area contributed by atoms with Crippen LogP contribution in [0.3, 0.4) is 0 Å². The number of rotatable bonds is 7. The largest absolute Gasteiger partial charge is 0.515 e. The first-order valence-electron chi connectivity index (χ1n) is 7.59. The molecule has 0 heterocycles. The molecule has 26 heavy (non-hydrogen) atoms. The lowest BCUT2D eigenvalue weighted by Crippen LogP contribution is -2.07. The molecule has 0 radical (unpaired) electrons. The lowest BCUT2D eigenvalue weighted by atomic mass is 10.0. The van der Waals surface area contributed by atoms with Crippen LogP contribution >= 0.6 is 0 Å². The van der Waals surface area contributed by atoms with E-state index < -0.39 is 5.97 Å². The summed E-state index contributed by atoms with van der Waals surface area (Å²) in [6.07, 6.45) is 2.23. The van der Waals surface area contributed by atoms with Crippen molar-refractivity contribution in [2.45, 2.75) is 0 Å². The van der Waals surface area contributed by atoms with Gasteiger partial charge in [-0.05, 0) is 30.3 Å². The molecule has 0 atom stereocenters. The van der Waals surface area contributed by atoms with E-state index in [1.54, 1.807) is 36.4 Å². The molecule has 0 aromatic heterocycles. The van der Waals surface area contributed by atoms with Gasteiger partial charge in [-0.15, -0.1) is 0 Å². The number of ether oxygens (including phenoxy) is 4. The number of hydrogen-bond acceptors (Lipinski definition) is 5.